The number of fused-ring (bicyclic) bond motifs is 1. The minimum Gasteiger partial charge on any atom is -0.494 e. The third kappa shape index (κ3) is 3.70. The second kappa shape index (κ2) is 7.97. The number of nitrogens with zero attached hydrogens (tertiary/aromatic N) is 1. The van der Waals surface area contributed by atoms with Gasteiger partial charge in [-0.05, 0) is 36.2 Å². The van der Waals surface area contributed by atoms with E-state index in [4.69, 9.17) is 12.2 Å². The molecular weight excluding hydrogens is 334 g/mol. The zero-order valence-corrected chi connectivity index (χ0v) is 15.4. The van der Waals surface area contributed by atoms with E-state index < -0.39 is 0 Å². The van der Waals surface area contributed by atoms with E-state index in [1.165, 1.54) is 5.56 Å². The van der Waals surface area contributed by atoms with E-state index in [-0.39, 0.29) is 22.3 Å². The third-order valence-electron chi connectivity index (χ3n) is 4.84. The highest BCUT2D eigenvalue weighted by Gasteiger charge is 2.27. The normalized spacial score (nSPS) is 16.6. The molecule has 0 radical (unpaired) electrons. The summed E-state index contributed by atoms with van der Waals surface area (Å²) in [5.41, 5.74) is 2.30. The second-order valence-electron chi connectivity index (χ2n) is 6.54. The molecule has 1 atom stereocenters. The van der Waals surface area contributed by atoms with Crippen LogP contribution in [0.15, 0.2) is 29.1 Å². The molecule has 134 valence electrons. The first-order valence-corrected chi connectivity index (χ1v) is 9.41. The minimum absolute atomic E-state index is 0.0144. The summed E-state index contributed by atoms with van der Waals surface area (Å²) in [5.74, 6) is -0.0144. The van der Waals surface area contributed by atoms with Crippen LogP contribution in [0.25, 0.3) is 0 Å². The van der Waals surface area contributed by atoms with Gasteiger partial charge in [-0.15, -0.1) is 0 Å². The Kier molecular flexibility index (Phi) is 5.71. The summed E-state index contributed by atoms with van der Waals surface area (Å²) < 4.78 is 1.94. The number of rotatable bonds is 6. The molecule has 25 heavy (non-hydrogen) atoms. The van der Waals surface area contributed by atoms with Gasteiger partial charge in [-0.25, -0.2) is 0 Å². The molecule has 1 aromatic heterocycles. The molecule has 0 aliphatic carbocycles. The van der Waals surface area contributed by atoms with E-state index in [2.05, 4.69) is 23.3 Å². The first-order valence-electron chi connectivity index (χ1n) is 9.00. The van der Waals surface area contributed by atoms with Gasteiger partial charge in [0.2, 0.25) is 5.88 Å². The van der Waals surface area contributed by atoms with Crippen LogP contribution >= 0.6 is 12.2 Å². The first kappa shape index (κ1) is 17.9. The zero-order valence-electron chi connectivity index (χ0n) is 14.5. The zero-order chi connectivity index (χ0) is 17.8. The number of aromatic hydroxyl groups is 1. The van der Waals surface area contributed by atoms with Crippen LogP contribution in [0, 0.1) is 4.77 Å². The number of hydrogen-bond acceptors (Lipinski definition) is 4. The van der Waals surface area contributed by atoms with Crippen molar-refractivity contribution >= 4 is 12.2 Å². The fourth-order valence-electron chi connectivity index (χ4n) is 3.50. The molecule has 2 aromatic rings. The molecule has 0 saturated heterocycles. The Labute approximate surface area is 152 Å². The van der Waals surface area contributed by atoms with E-state index in [1.807, 2.05) is 18.2 Å². The highest BCUT2D eigenvalue weighted by atomic mass is 32.1. The van der Waals surface area contributed by atoms with Crippen molar-refractivity contribution in [3.05, 3.63) is 56.1 Å². The maximum atomic E-state index is 12.6. The van der Waals surface area contributed by atoms with Crippen LogP contribution < -0.4 is 10.9 Å². The van der Waals surface area contributed by atoms with Crippen LogP contribution in [0.3, 0.4) is 0 Å². The van der Waals surface area contributed by atoms with Gasteiger partial charge in [0, 0.05) is 13.1 Å². The van der Waals surface area contributed by atoms with Gasteiger partial charge in [-0.3, -0.25) is 14.3 Å². The number of hydrogen-bond donors (Lipinski definition) is 3. The van der Waals surface area contributed by atoms with Crippen molar-refractivity contribution in [2.24, 2.45) is 0 Å². The van der Waals surface area contributed by atoms with Gasteiger partial charge in [-0.2, -0.15) is 0 Å². The molecule has 2 heterocycles. The number of benzene rings is 1. The fraction of sp³-hybridized carbons (Fsp3) is 0.474. The van der Waals surface area contributed by atoms with E-state index >= 15 is 0 Å². The quantitative estimate of drug-likeness (QED) is 0.546. The Morgan fingerprint density at radius 1 is 1.28 bits per heavy atom. The highest BCUT2D eigenvalue weighted by Crippen LogP contribution is 2.31. The summed E-state index contributed by atoms with van der Waals surface area (Å²) in [4.78, 5) is 15.3. The average molecular weight is 359 g/mol. The number of nitrogens with one attached hydrogen (secondary N) is 2. The Morgan fingerprint density at radius 3 is 2.88 bits per heavy atom. The van der Waals surface area contributed by atoms with Gasteiger partial charge in [0.05, 0.1) is 11.6 Å². The van der Waals surface area contributed by atoms with Gasteiger partial charge in [0.25, 0.3) is 5.56 Å². The molecule has 0 saturated carbocycles. The molecule has 1 aliphatic heterocycles. The predicted octanol–water partition coefficient (Wildman–Crippen LogP) is 3.43. The molecule has 0 fully saturated rings. The lowest BCUT2D eigenvalue weighted by Gasteiger charge is -2.27. The van der Waals surface area contributed by atoms with Gasteiger partial charge in [0.15, 0.2) is 4.77 Å². The van der Waals surface area contributed by atoms with Crippen LogP contribution in [0.1, 0.15) is 55.3 Å². The van der Waals surface area contributed by atoms with Crippen molar-refractivity contribution in [3.63, 3.8) is 0 Å². The molecule has 6 heteroatoms. The van der Waals surface area contributed by atoms with Crippen molar-refractivity contribution in [1.29, 1.82) is 0 Å². The Hall–Kier alpha value is -1.92. The molecule has 1 aliphatic rings. The van der Waals surface area contributed by atoms with Crippen molar-refractivity contribution in [2.45, 2.75) is 51.6 Å². The predicted molar refractivity (Wildman–Crippen MR) is 102 cm³/mol. The van der Waals surface area contributed by atoms with E-state index in [0.717, 1.165) is 44.2 Å². The molecule has 0 amide bonds. The van der Waals surface area contributed by atoms with Crippen LogP contribution in [0.4, 0.5) is 0 Å². The van der Waals surface area contributed by atoms with Gasteiger partial charge >= 0.3 is 0 Å². The van der Waals surface area contributed by atoms with E-state index in [0.29, 0.717) is 12.1 Å². The number of aromatic amines is 1. The van der Waals surface area contributed by atoms with Crippen molar-refractivity contribution in [1.82, 2.24) is 14.9 Å². The fourth-order valence-corrected chi connectivity index (χ4v) is 3.77. The smallest absolute Gasteiger partial charge is 0.260 e. The van der Waals surface area contributed by atoms with Gasteiger partial charge in [0.1, 0.15) is 0 Å². The summed E-state index contributed by atoms with van der Waals surface area (Å²) in [6.07, 6.45) is 5.23. The monoisotopic (exact) mass is 359 g/mol. The largest absolute Gasteiger partial charge is 0.494 e. The van der Waals surface area contributed by atoms with Crippen molar-refractivity contribution in [2.75, 3.05) is 6.54 Å². The Balaban J connectivity index is 2.00. The lowest BCUT2D eigenvalue weighted by Crippen LogP contribution is -2.35. The lowest BCUT2D eigenvalue weighted by molar-refractivity contribution is 0.381. The summed E-state index contributed by atoms with van der Waals surface area (Å²) >= 11 is 5.27. The van der Waals surface area contributed by atoms with Crippen LogP contribution in [-0.2, 0) is 13.0 Å². The SMILES string of the molecule is CCCCCCn1c(O)c(C2NCCc3ccccc32)c(=O)[nH]c1=S. The van der Waals surface area contributed by atoms with Crippen LogP contribution in [-0.4, -0.2) is 21.2 Å². The lowest BCUT2D eigenvalue weighted by atomic mass is 9.91. The standard InChI is InChI=1S/C19H25N3O2S/c1-2-3-4-7-12-22-18(24)15(17(23)21-19(22)25)16-14-9-6-5-8-13(14)10-11-20-16/h5-6,8-9,16,20,24H,2-4,7,10-12H2,1H3,(H,21,23,25). The summed E-state index contributed by atoms with van der Waals surface area (Å²) in [7, 11) is 0. The van der Waals surface area contributed by atoms with Crippen LogP contribution in [0.2, 0.25) is 0 Å². The van der Waals surface area contributed by atoms with Crippen molar-refractivity contribution < 1.29 is 5.11 Å². The highest BCUT2D eigenvalue weighted by molar-refractivity contribution is 7.71. The molecule has 0 bridgehead atoms. The molecular formula is C19H25N3O2S. The molecule has 3 N–H and O–H groups in total. The number of aromatic nitrogens is 2. The van der Waals surface area contributed by atoms with Gasteiger partial charge in [-0.1, -0.05) is 50.5 Å². The second-order valence-corrected chi connectivity index (χ2v) is 6.93. The summed E-state index contributed by atoms with van der Waals surface area (Å²) in [5, 5.41) is 14.2. The summed E-state index contributed by atoms with van der Waals surface area (Å²) in [6, 6.07) is 7.74. The maximum Gasteiger partial charge on any atom is 0.260 e. The Morgan fingerprint density at radius 2 is 2.08 bits per heavy atom. The molecule has 3 rings (SSSR count). The van der Waals surface area contributed by atoms with Gasteiger partial charge < -0.3 is 10.4 Å². The summed E-state index contributed by atoms with van der Waals surface area (Å²) in [6.45, 7) is 3.54. The Bertz CT molecular complexity index is 856. The third-order valence-corrected chi connectivity index (χ3v) is 5.16. The van der Waals surface area contributed by atoms with Crippen molar-refractivity contribution in [3.8, 4) is 5.88 Å². The number of unbranched alkanes of at least 4 members (excludes halogenated alkanes) is 3. The molecule has 5 nitrogen and oxygen atoms in total. The van der Waals surface area contributed by atoms with Crippen LogP contribution in [0.5, 0.6) is 5.88 Å². The van der Waals surface area contributed by atoms with E-state index in [1.54, 1.807) is 4.57 Å². The average Bonchev–Trinajstić information content (AvgIpc) is 2.61. The first-order chi connectivity index (χ1) is 12.1. The molecule has 1 aromatic carbocycles. The molecule has 0 spiro atoms. The maximum absolute atomic E-state index is 12.6. The molecule has 1 unspecified atom stereocenters. The topological polar surface area (TPSA) is 70.0 Å². The number of H-pyrrole nitrogens is 1. The van der Waals surface area contributed by atoms with E-state index in [9.17, 15) is 9.90 Å². The minimum atomic E-state index is -0.318.